The van der Waals surface area contributed by atoms with Gasteiger partial charge >= 0.3 is 0 Å². The molecule has 1 saturated carbocycles. The first-order valence-corrected chi connectivity index (χ1v) is 6.25. The number of nitrogens with two attached hydrogens (primary N) is 1. The molecule has 4 nitrogen and oxygen atoms in total. The van der Waals surface area contributed by atoms with E-state index in [-0.39, 0.29) is 11.5 Å². The fourth-order valence-corrected chi connectivity index (χ4v) is 2.36. The van der Waals surface area contributed by atoms with Crippen LogP contribution in [0.4, 0.5) is 0 Å². The van der Waals surface area contributed by atoms with Crippen molar-refractivity contribution in [3.63, 3.8) is 0 Å². The van der Waals surface area contributed by atoms with Crippen LogP contribution < -0.4 is 5.73 Å². The van der Waals surface area contributed by atoms with Crippen LogP contribution in [0.2, 0.25) is 0 Å². The molecule has 1 heterocycles. The van der Waals surface area contributed by atoms with Gasteiger partial charge in [-0.05, 0) is 19.3 Å². The first kappa shape index (κ1) is 11.6. The molecule has 0 amide bonds. The molecule has 0 aliphatic heterocycles. The fraction of sp³-hybridized carbons (Fsp3) is 0.833. The van der Waals surface area contributed by atoms with Gasteiger partial charge in [-0.15, -0.1) is 0 Å². The van der Waals surface area contributed by atoms with Gasteiger partial charge in [-0.2, -0.15) is 4.98 Å². The second kappa shape index (κ2) is 4.53. The van der Waals surface area contributed by atoms with Gasteiger partial charge in [0, 0.05) is 5.41 Å². The molecular weight excluding hydrogens is 202 g/mol. The van der Waals surface area contributed by atoms with Crippen LogP contribution in [0.5, 0.6) is 0 Å². The molecule has 1 fully saturated rings. The van der Waals surface area contributed by atoms with Gasteiger partial charge in [-0.1, -0.05) is 38.3 Å². The van der Waals surface area contributed by atoms with E-state index >= 15 is 0 Å². The molecule has 2 rings (SSSR count). The molecule has 0 aromatic carbocycles. The van der Waals surface area contributed by atoms with E-state index in [9.17, 15) is 0 Å². The topological polar surface area (TPSA) is 64.9 Å². The summed E-state index contributed by atoms with van der Waals surface area (Å²) in [5.41, 5.74) is 5.98. The maximum absolute atomic E-state index is 5.90. The Labute approximate surface area is 96.6 Å². The van der Waals surface area contributed by atoms with Crippen molar-refractivity contribution >= 4 is 0 Å². The number of aromatic nitrogens is 2. The van der Waals surface area contributed by atoms with Crippen LogP contribution in [0, 0.1) is 0 Å². The van der Waals surface area contributed by atoms with Crippen LogP contribution in [0.1, 0.15) is 70.1 Å². The Kier molecular flexibility index (Phi) is 3.28. The summed E-state index contributed by atoms with van der Waals surface area (Å²) in [6.45, 7) is 4.25. The molecule has 1 aromatic heterocycles. The van der Waals surface area contributed by atoms with Gasteiger partial charge in [0.25, 0.3) is 0 Å². The van der Waals surface area contributed by atoms with Crippen molar-refractivity contribution in [3.8, 4) is 0 Å². The Hall–Kier alpha value is -0.900. The third-order valence-electron chi connectivity index (χ3n) is 3.69. The molecule has 1 aliphatic carbocycles. The first-order chi connectivity index (χ1) is 7.65. The first-order valence-electron chi connectivity index (χ1n) is 6.25. The SMILES string of the molecule is CCC(N)c1noc(C2(C)CCCCC2)n1. The fourth-order valence-electron chi connectivity index (χ4n) is 2.36. The maximum atomic E-state index is 5.90. The summed E-state index contributed by atoms with van der Waals surface area (Å²) >= 11 is 0. The molecule has 1 aliphatic rings. The third kappa shape index (κ3) is 2.12. The van der Waals surface area contributed by atoms with E-state index < -0.39 is 0 Å². The number of rotatable bonds is 3. The van der Waals surface area contributed by atoms with E-state index in [0.29, 0.717) is 5.82 Å². The molecule has 90 valence electrons. The Morgan fingerprint density at radius 1 is 1.38 bits per heavy atom. The summed E-state index contributed by atoms with van der Waals surface area (Å²) in [5, 5.41) is 4.00. The van der Waals surface area contributed by atoms with Gasteiger partial charge in [0.15, 0.2) is 5.82 Å². The lowest BCUT2D eigenvalue weighted by Crippen LogP contribution is -2.25. The van der Waals surface area contributed by atoms with Crippen LogP contribution in [-0.4, -0.2) is 10.1 Å². The molecular formula is C12H21N3O. The molecule has 1 atom stereocenters. The number of hydrogen-bond acceptors (Lipinski definition) is 4. The van der Waals surface area contributed by atoms with E-state index in [2.05, 4.69) is 17.1 Å². The van der Waals surface area contributed by atoms with Crippen LogP contribution >= 0.6 is 0 Å². The van der Waals surface area contributed by atoms with Gasteiger partial charge in [-0.3, -0.25) is 0 Å². The number of hydrogen-bond donors (Lipinski definition) is 1. The molecule has 0 saturated heterocycles. The predicted octanol–water partition coefficient (Wildman–Crippen LogP) is 2.70. The van der Waals surface area contributed by atoms with Crippen LogP contribution in [-0.2, 0) is 5.41 Å². The number of nitrogens with zero attached hydrogens (tertiary/aromatic N) is 2. The average Bonchev–Trinajstić information content (AvgIpc) is 2.79. The Bertz CT molecular complexity index is 342. The zero-order chi connectivity index (χ0) is 11.6. The minimum absolute atomic E-state index is 0.0803. The molecule has 0 spiro atoms. The Morgan fingerprint density at radius 3 is 2.69 bits per heavy atom. The van der Waals surface area contributed by atoms with E-state index in [1.807, 2.05) is 6.92 Å². The summed E-state index contributed by atoms with van der Waals surface area (Å²) in [4.78, 5) is 4.47. The van der Waals surface area contributed by atoms with Crippen molar-refractivity contribution in [1.29, 1.82) is 0 Å². The van der Waals surface area contributed by atoms with E-state index in [0.717, 1.165) is 25.2 Å². The van der Waals surface area contributed by atoms with Gasteiger partial charge in [0.2, 0.25) is 5.89 Å². The molecule has 2 N–H and O–H groups in total. The second-order valence-electron chi connectivity index (χ2n) is 5.09. The van der Waals surface area contributed by atoms with Crippen molar-refractivity contribution in [3.05, 3.63) is 11.7 Å². The van der Waals surface area contributed by atoms with E-state index in [1.54, 1.807) is 0 Å². The maximum Gasteiger partial charge on any atom is 0.232 e. The van der Waals surface area contributed by atoms with E-state index in [1.165, 1.54) is 19.3 Å². The van der Waals surface area contributed by atoms with Crippen molar-refractivity contribution in [2.75, 3.05) is 0 Å². The molecule has 16 heavy (non-hydrogen) atoms. The monoisotopic (exact) mass is 223 g/mol. The van der Waals surface area contributed by atoms with Crippen LogP contribution in [0.3, 0.4) is 0 Å². The largest absolute Gasteiger partial charge is 0.339 e. The van der Waals surface area contributed by atoms with E-state index in [4.69, 9.17) is 10.3 Å². The van der Waals surface area contributed by atoms with Crippen LogP contribution in [0.25, 0.3) is 0 Å². The predicted molar refractivity (Wildman–Crippen MR) is 62.0 cm³/mol. The normalized spacial score (nSPS) is 21.9. The third-order valence-corrected chi connectivity index (χ3v) is 3.69. The standard InChI is InChI=1S/C12H21N3O/c1-3-9(13)10-14-11(16-15-10)12(2)7-5-4-6-8-12/h9H,3-8,13H2,1-2H3. The highest BCUT2D eigenvalue weighted by Crippen LogP contribution is 2.38. The smallest absolute Gasteiger partial charge is 0.232 e. The lowest BCUT2D eigenvalue weighted by molar-refractivity contribution is 0.231. The Morgan fingerprint density at radius 2 is 2.06 bits per heavy atom. The zero-order valence-corrected chi connectivity index (χ0v) is 10.2. The van der Waals surface area contributed by atoms with Crippen molar-refractivity contribution in [1.82, 2.24) is 10.1 Å². The van der Waals surface area contributed by atoms with Crippen molar-refractivity contribution < 1.29 is 4.52 Å². The summed E-state index contributed by atoms with van der Waals surface area (Å²) in [5.74, 6) is 1.44. The van der Waals surface area contributed by atoms with Gasteiger partial charge in [0.1, 0.15) is 0 Å². The highest BCUT2D eigenvalue weighted by atomic mass is 16.5. The lowest BCUT2D eigenvalue weighted by atomic mass is 9.75. The molecule has 1 aromatic rings. The van der Waals surface area contributed by atoms with Gasteiger partial charge in [-0.25, -0.2) is 0 Å². The minimum Gasteiger partial charge on any atom is -0.339 e. The van der Waals surface area contributed by atoms with Gasteiger partial charge < -0.3 is 10.3 Å². The average molecular weight is 223 g/mol. The molecule has 0 bridgehead atoms. The van der Waals surface area contributed by atoms with Crippen molar-refractivity contribution in [2.45, 2.75) is 63.8 Å². The lowest BCUT2D eigenvalue weighted by Gasteiger charge is -2.29. The van der Waals surface area contributed by atoms with Gasteiger partial charge in [0.05, 0.1) is 6.04 Å². The summed E-state index contributed by atoms with van der Waals surface area (Å²) in [7, 11) is 0. The minimum atomic E-state index is -0.0929. The second-order valence-corrected chi connectivity index (χ2v) is 5.09. The summed E-state index contributed by atoms with van der Waals surface area (Å²) < 4.78 is 5.39. The molecule has 0 radical (unpaired) electrons. The highest BCUT2D eigenvalue weighted by Gasteiger charge is 2.34. The Balaban J connectivity index is 2.17. The molecule has 1 unspecified atom stereocenters. The zero-order valence-electron chi connectivity index (χ0n) is 10.2. The highest BCUT2D eigenvalue weighted by molar-refractivity contribution is 5.05. The summed E-state index contributed by atoms with van der Waals surface area (Å²) in [6.07, 6.45) is 6.98. The summed E-state index contributed by atoms with van der Waals surface area (Å²) in [6, 6.07) is -0.0929. The molecule has 4 heteroatoms. The van der Waals surface area contributed by atoms with Crippen LogP contribution in [0.15, 0.2) is 4.52 Å². The van der Waals surface area contributed by atoms with Crippen molar-refractivity contribution in [2.24, 2.45) is 5.73 Å². The quantitative estimate of drug-likeness (QED) is 0.855.